The average molecular weight is 485 g/mol. The number of anilines is 1. The number of aryl methyl sites for hydroxylation is 1. The Hall–Kier alpha value is -4.40. The van der Waals surface area contributed by atoms with Gasteiger partial charge in [0, 0.05) is 30.7 Å². The van der Waals surface area contributed by atoms with Gasteiger partial charge in [0.25, 0.3) is 0 Å². The largest absolute Gasteiger partial charge is 0.494 e. The topological polar surface area (TPSA) is 86.1 Å². The molecule has 9 nitrogen and oxygen atoms in total. The van der Waals surface area contributed by atoms with Crippen molar-refractivity contribution in [3.63, 3.8) is 0 Å². The second kappa shape index (κ2) is 9.69. The zero-order valence-electron chi connectivity index (χ0n) is 20.6. The Morgan fingerprint density at radius 1 is 1.06 bits per heavy atom. The van der Waals surface area contributed by atoms with Gasteiger partial charge in [0.05, 0.1) is 12.3 Å². The number of amides is 1. The standard InChI is InChI=1S/C27H28N6O3/c1-4-5-15-36-22-11-9-20(10-12-22)23-17-24-26-29-33(27(35)31(26)13-14-32(24)28-23)18-25(34)30(3)21-8-6-7-19(2)16-21/h6-14,16-17H,4-5,15,18H2,1-3H3. The molecule has 184 valence electrons. The summed E-state index contributed by atoms with van der Waals surface area (Å²) in [6, 6.07) is 17.3. The van der Waals surface area contributed by atoms with E-state index in [9.17, 15) is 9.59 Å². The molecule has 0 saturated carbocycles. The van der Waals surface area contributed by atoms with Crippen molar-refractivity contribution >= 4 is 22.8 Å². The fraction of sp³-hybridized carbons (Fsp3) is 0.259. The second-order valence-electron chi connectivity index (χ2n) is 8.81. The number of carbonyl (C=O) groups is 1. The van der Waals surface area contributed by atoms with Gasteiger partial charge in [-0.3, -0.25) is 4.79 Å². The minimum atomic E-state index is -0.380. The molecule has 0 N–H and O–H groups in total. The summed E-state index contributed by atoms with van der Waals surface area (Å²) in [5.41, 5.74) is 4.22. The van der Waals surface area contributed by atoms with Gasteiger partial charge >= 0.3 is 5.69 Å². The summed E-state index contributed by atoms with van der Waals surface area (Å²) in [4.78, 5) is 27.4. The molecule has 0 saturated heterocycles. The van der Waals surface area contributed by atoms with Crippen molar-refractivity contribution in [2.24, 2.45) is 0 Å². The number of aromatic nitrogens is 5. The number of benzene rings is 2. The Morgan fingerprint density at radius 2 is 1.86 bits per heavy atom. The van der Waals surface area contributed by atoms with E-state index in [4.69, 9.17) is 4.74 Å². The molecule has 3 heterocycles. The van der Waals surface area contributed by atoms with Crippen LogP contribution in [0, 0.1) is 6.92 Å². The molecular weight excluding hydrogens is 456 g/mol. The van der Waals surface area contributed by atoms with Crippen LogP contribution < -0.4 is 15.3 Å². The van der Waals surface area contributed by atoms with Crippen LogP contribution in [0.2, 0.25) is 0 Å². The van der Waals surface area contributed by atoms with Crippen molar-refractivity contribution in [1.29, 1.82) is 0 Å². The molecule has 9 heteroatoms. The number of hydrogen-bond acceptors (Lipinski definition) is 5. The lowest BCUT2D eigenvalue weighted by molar-refractivity contribution is -0.119. The van der Waals surface area contributed by atoms with E-state index in [0.29, 0.717) is 17.8 Å². The van der Waals surface area contributed by atoms with Gasteiger partial charge in [-0.05, 0) is 61.4 Å². The molecule has 3 aromatic heterocycles. The van der Waals surface area contributed by atoms with Gasteiger partial charge < -0.3 is 9.64 Å². The molecule has 0 radical (unpaired) electrons. The van der Waals surface area contributed by atoms with E-state index in [0.717, 1.165) is 41.1 Å². The van der Waals surface area contributed by atoms with Gasteiger partial charge in [0.1, 0.15) is 17.8 Å². The third-order valence-electron chi connectivity index (χ3n) is 6.16. The third-order valence-corrected chi connectivity index (χ3v) is 6.16. The Bertz CT molecular complexity index is 1600. The SMILES string of the molecule is CCCCOc1ccc(-c2cc3c4nn(CC(=O)N(C)c5cccc(C)c5)c(=O)n4ccn3n2)cc1. The fourth-order valence-corrected chi connectivity index (χ4v) is 4.05. The molecule has 5 rings (SSSR count). The molecule has 0 bridgehead atoms. The molecule has 2 aromatic carbocycles. The number of unbranched alkanes of at least 4 members (excludes halogenated alkanes) is 1. The minimum absolute atomic E-state index is 0.169. The highest BCUT2D eigenvalue weighted by Gasteiger charge is 2.18. The van der Waals surface area contributed by atoms with Crippen molar-refractivity contribution in [1.82, 2.24) is 23.8 Å². The summed E-state index contributed by atoms with van der Waals surface area (Å²) < 4.78 is 10.1. The first-order chi connectivity index (χ1) is 17.4. The van der Waals surface area contributed by atoms with Crippen LogP contribution in [-0.2, 0) is 11.3 Å². The van der Waals surface area contributed by atoms with Crippen LogP contribution in [0.4, 0.5) is 5.69 Å². The molecule has 0 aliphatic carbocycles. The summed E-state index contributed by atoms with van der Waals surface area (Å²) in [6.45, 7) is 4.63. The molecule has 0 unspecified atom stereocenters. The average Bonchev–Trinajstić information content (AvgIpc) is 3.45. The zero-order chi connectivity index (χ0) is 25.2. The first kappa shape index (κ1) is 23.3. The highest BCUT2D eigenvalue weighted by molar-refractivity contribution is 5.92. The van der Waals surface area contributed by atoms with Crippen LogP contribution in [0.1, 0.15) is 25.3 Å². The molecule has 36 heavy (non-hydrogen) atoms. The predicted octanol–water partition coefficient (Wildman–Crippen LogP) is 3.96. The molecule has 0 spiro atoms. The Morgan fingerprint density at radius 3 is 2.61 bits per heavy atom. The second-order valence-corrected chi connectivity index (χ2v) is 8.81. The molecule has 0 aliphatic heterocycles. The van der Waals surface area contributed by atoms with Crippen molar-refractivity contribution in [2.75, 3.05) is 18.6 Å². The molecule has 0 atom stereocenters. The highest BCUT2D eigenvalue weighted by atomic mass is 16.5. The fourth-order valence-electron chi connectivity index (χ4n) is 4.05. The maximum Gasteiger partial charge on any atom is 0.350 e. The Kier molecular flexibility index (Phi) is 6.28. The van der Waals surface area contributed by atoms with Gasteiger partial charge in [-0.1, -0.05) is 25.5 Å². The smallest absolute Gasteiger partial charge is 0.350 e. The predicted molar refractivity (Wildman–Crippen MR) is 139 cm³/mol. The highest BCUT2D eigenvalue weighted by Crippen LogP contribution is 2.24. The monoisotopic (exact) mass is 484 g/mol. The number of carbonyl (C=O) groups excluding carboxylic acids is 1. The summed E-state index contributed by atoms with van der Waals surface area (Å²) in [7, 11) is 1.69. The lowest BCUT2D eigenvalue weighted by Gasteiger charge is -2.17. The normalized spacial score (nSPS) is 11.3. The number of fused-ring (bicyclic) bond motifs is 3. The van der Waals surface area contributed by atoms with Gasteiger partial charge in [0.2, 0.25) is 5.91 Å². The summed E-state index contributed by atoms with van der Waals surface area (Å²) in [5, 5.41) is 9.13. The van der Waals surface area contributed by atoms with E-state index in [-0.39, 0.29) is 18.1 Å². The van der Waals surface area contributed by atoms with Crippen LogP contribution in [-0.4, -0.2) is 43.4 Å². The van der Waals surface area contributed by atoms with Crippen LogP contribution in [0.3, 0.4) is 0 Å². The van der Waals surface area contributed by atoms with Crippen LogP contribution in [0.5, 0.6) is 5.75 Å². The lowest BCUT2D eigenvalue weighted by atomic mass is 10.1. The van der Waals surface area contributed by atoms with Crippen molar-refractivity contribution in [2.45, 2.75) is 33.2 Å². The summed E-state index contributed by atoms with van der Waals surface area (Å²) >= 11 is 0. The number of rotatable bonds is 8. The maximum atomic E-state index is 13.0. The quantitative estimate of drug-likeness (QED) is 0.311. The number of ether oxygens (including phenoxy) is 1. The van der Waals surface area contributed by atoms with Gasteiger partial charge in [-0.15, -0.1) is 5.10 Å². The van der Waals surface area contributed by atoms with Crippen molar-refractivity contribution in [3.05, 3.63) is 83.0 Å². The summed E-state index contributed by atoms with van der Waals surface area (Å²) in [5.74, 6) is 0.585. The van der Waals surface area contributed by atoms with E-state index < -0.39 is 0 Å². The number of likely N-dealkylation sites (N-methyl/N-ethyl adjacent to an activating group) is 1. The molecule has 1 amide bonds. The van der Waals surface area contributed by atoms with Crippen LogP contribution in [0.25, 0.3) is 22.4 Å². The number of hydrogen-bond donors (Lipinski definition) is 0. The van der Waals surface area contributed by atoms with E-state index >= 15 is 0 Å². The van der Waals surface area contributed by atoms with Crippen molar-refractivity contribution in [3.8, 4) is 17.0 Å². The Labute approximate surface area is 208 Å². The number of nitrogens with zero attached hydrogens (tertiary/aromatic N) is 6. The molecule has 0 aliphatic rings. The van der Waals surface area contributed by atoms with Gasteiger partial charge in [0.15, 0.2) is 5.65 Å². The minimum Gasteiger partial charge on any atom is -0.494 e. The maximum absolute atomic E-state index is 13.0. The van der Waals surface area contributed by atoms with Gasteiger partial charge in [-0.25, -0.2) is 18.4 Å². The summed E-state index contributed by atoms with van der Waals surface area (Å²) in [6.07, 6.45) is 5.43. The molecular formula is C27H28N6O3. The zero-order valence-corrected chi connectivity index (χ0v) is 20.6. The van der Waals surface area contributed by atoms with Crippen LogP contribution in [0.15, 0.2) is 71.8 Å². The Balaban J connectivity index is 1.42. The first-order valence-electron chi connectivity index (χ1n) is 12.0. The van der Waals surface area contributed by atoms with Gasteiger partial charge in [-0.2, -0.15) is 5.10 Å². The van der Waals surface area contributed by atoms with E-state index in [1.807, 2.05) is 61.5 Å². The van der Waals surface area contributed by atoms with E-state index in [1.54, 1.807) is 24.0 Å². The van der Waals surface area contributed by atoms with Crippen LogP contribution >= 0.6 is 0 Å². The molecule has 0 fully saturated rings. The van der Waals surface area contributed by atoms with E-state index in [1.165, 1.54) is 14.0 Å². The third kappa shape index (κ3) is 4.47. The van der Waals surface area contributed by atoms with E-state index in [2.05, 4.69) is 17.1 Å². The lowest BCUT2D eigenvalue weighted by Crippen LogP contribution is -2.34. The van der Waals surface area contributed by atoms with Crippen molar-refractivity contribution < 1.29 is 9.53 Å². The molecule has 5 aromatic rings. The first-order valence-corrected chi connectivity index (χ1v) is 12.0.